The number of amides is 1. The maximum absolute atomic E-state index is 13.2. The maximum Gasteiger partial charge on any atom is 0.490 e. The van der Waals surface area contributed by atoms with Crippen LogP contribution in [0.1, 0.15) is 29.6 Å². The van der Waals surface area contributed by atoms with Crippen LogP contribution < -0.4 is 5.73 Å². The smallest absolute Gasteiger partial charge is 0.475 e. The molecule has 1 aliphatic heterocycles. The highest BCUT2D eigenvalue weighted by atomic mass is 19.4. The van der Waals surface area contributed by atoms with Gasteiger partial charge in [0.25, 0.3) is 5.91 Å². The van der Waals surface area contributed by atoms with E-state index in [1.807, 2.05) is 42.4 Å². The number of alkyl halides is 3. The van der Waals surface area contributed by atoms with Crippen molar-refractivity contribution in [3.05, 3.63) is 48.2 Å². The van der Waals surface area contributed by atoms with E-state index in [1.165, 1.54) is 12.8 Å². The number of fused-ring (bicyclic) bond motifs is 2. The van der Waals surface area contributed by atoms with Crippen LogP contribution in [0.5, 0.6) is 0 Å². The minimum atomic E-state index is -5.08. The van der Waals surface area contributed by atoms with Crippen LogP contribution in [0, 0.1) is 5.92 Å². The molecule has 1 aromatic carbocycles. The molecule has 4 aromatic rings. The van der Waals surface area contributed by atoms with Crippen LogP contribution in [0.25, 0.3) is 33.6 Å². The number of rotatable bonds is 5. The second kappa shape index (κ2) is 11.1. The number of hydrogen-bond acceptors (Lipinski definition) is 6. The molecule has 0 radical (unpaired) electrons. The number of carboxylic acid groups (broad SMARTS) is 1. The molecule has 3 aromatic heterocycles. The highest BCUT2D eigenvalue weighted by Crippen LogP contribution is 2.36. The zero-order valence-corrected chi connectivity index (χ0v) is 22.6. The number of aryl methyl sites for hydroxylation is 1. The van der Waals surface area contributed by atoms with Crippen LogP contribution >= 0.6 is 0 Å². The van der Waals surface area contributed by atoms with E-state index in [0.717, 1.165) is 46.6 Å². The monoisotopic (exact) mass is 572 g/mol. The second-order valence-electron chi connectivity index (χ2n) is 10.5. The topological polar surface area (TPSA) is 128 Å². The maximum atomic E-state index is 13.2. The van der Waals surface area contributed by atoms with Crippen LogP contribution in [0.3, 0.4) is 0 Å². The number of carbonyl (C=O) groups is 2. The first-order valence-electron chi connectivity index (χ1n) is 13.3. The number of likely N-dealkylation sites (tertiary alicyclic amines) is 1. The van der Waals surface area contributed by atoms with E-state index in [4.69, 9.17) is 25.4 Å². The average Bonchev–Trinajstić information content (AvgIpc) is 3.61. The first-order chi connectivity index (χ1) is 19.5. The number of carboxylic acids is 1. The average molecular weight is 573 g/mol. The number of nitrogens with zero attached hydrogens (tertiary/aromatic N) is 5. The third-order valence-corrected chi connectivity index (χ3v) is 7.57. The van der Waals surface area contributed by atoms with Crippen LogP contribution in [0.4, 0.5) is 13.2 Å². The van der Waals surface area contributed by atoms with Gasteiger partial charge in [0.05, 0.1) is 22.8 Å². The van der Waals surface area contributed by atoms with Gasteiger partial charge in [-0.2, -0.15) is 13.2 Å². The van der Waals surface area contributed by atoms with Gasteiger partial charge in [-0.3, -0.25) is 4.79 Å². The fourth-order valence-corrected chi connectivity index (χ4v) is 5.20. The highest BCUT2D eigenvalue weighted by molar-refractivity contribution is 5.98. The zero-order chi connectivity index (χ0) is 29.5. The Morgan fingerprint density at radius 3 is 2.54 bits per heavy atom. The van der Waals surface area contributed by atoms with Crippen molar-refractivity contribution in [3.63, 3.8) is 0 Å². The molecule has 0 bridgehead atoms. The number of ether oxygens (including phenoxy) is 1. The minimum absolute atomic E-state index is 0.00163. The first-order valence-corrected chi connectivity index (χ1v) is 13.3. The van der Waals surface area contributed by atoms with E-state index >= 15 is 0 Å². The number of nitrogens with two attached hydrogens (primary N) is 1. The van der Waals surface area contributed by atoms with Gasteiger partial charge in [0.2, 0.25) is 0 Å². The molecule has 2 atom stereocenters. The lowest BCUT2D eigenvalue weighted by molar-refractivity contribution is -0.192. The van der Waals surface area contributed by atoms with E-state index < -0.39 is 12.1 Å². The minimum Gasteiger partial charge on any atom is -0.475 e. The van der Waals surface area contributed by atoms with E-state index in [-0.39, 0.29) is 18.1 Å². The van der Waals surface area contributed by atoms with Gasteiger partial charge in [0.1, 0.15) is 5.65 Å². The number of halogens is 3. The number of benzene rings is 1. The van der Waals surface area contributed by atoms with Gasteiger partial charge in [0.15, 0.2) is 5.82 Å². The fourth-order valence-electron chi connectivity index (χ4n) is 5.20. The summed E-state index contributed by atoms with van der Waals surface area (Å²) < 4.78 is 41.6. The van der Waals surface area contributed by atoms with Crippen molar-refractivity contribution in [2.45, 2.75) is 44.1 Å². The lowest BCUT2D eigenvalue weighted by Gasteiger charge is -2.35. The number of piperidine rings is 1. The number of methoxy groups -OCH3 is 1. The SMILES string of the molecule is CO[C@H]1CCN(C(=O)c2ccc3c(c2)nc(-c2cc4cccnc4n2CC2CC2)n3C)C[C@H]1N.O=C(O)C(F)(F)F. The second-order valence-corrected chi connectivity index (χ2v) is 10.5. The Kier molecular flexibility index (Phi) is 7.75. The molecular formula is C28H31F3N6O4. The summed E-state index contributed by atoms with van der Waals surface area (Å²) in [5.41, 5.74) is 10.7. The third-order valence-electron chi connectivity index (χ3n) is 7.57. The Balaban J connectivity index is 0.000000431. The molecule has 1 saturated heterocycles. The molecule has 3 N–H and O–H groups in total. The van der Waals surface area contributed by atoms with Gasteiger partial charge in [-0.1, -0.05) is 0 Å². The van der Waals surface area contributed by atoms with Crippen LogP contribution in [0.15, 0.2) is 42.6 Å². The fraction of sp³-hybridized carbons (Fsp3) is 0.429. The van der Waals surface area contributed by atoms with E-state index in [2.05, 4.69) is 26.3 Å². The summed E-state index contributed by atoms with van der Waals surface area (Å²) in [5, 5.41) is 8.25. The van der Waals surface area contributed by atoms with Gasteiger partial charge in [0, 0.05) is 57.0 Å². The van der Waals surface area contributed by atoms with E-state index in [0.29, 0.717) is 24.6 Å². The van der Waals surface area contributed by atoms with Crippen molar-refractivity contribution in [1.82, 2.24) is 24.0 Å². The molecule has 4 heterocycles. The van der Waals surface area contributed by atoms with Gasteiger partial charge in [-0.25, -0.2) is 14.8 Å². The summed E-state index contributed by atoms with van der Waals surface area (Å²) in [6.45, 7) is 2.10. The van der Waals surface area contributed by atoms with E-state index in [1.54, 1.807) is 7.11 Å². The van der Waals surface area contributed by atoms with Crippen molar-refractivity contribution in [1.29, 1.82) is 0 Å². The number of pyridine rings is 1. The zero-order valence-electron chi connectivity index (χ0n) is 22.6. The predicted molar refractivity (Wildman–Crippen MR) is 145 cm³/mol. The normalized spacial score (nSPS) is 19.3. The van der Waals surface area contributed by atoms with Crippen LogP contribution in [-0.4, -0.2) is 79.5 Å². The van der Waals surface area contributed by atoms with Gasteiger partial charge in [-0.05, 0) is 61.6 Å². The quantitative estimate of drug-likeness (QED) is 0.372. The van der Waals surface area contributed by atoms with E-state index in [9.17, 15) is 18.0 Å². The van der Waals surface area contributed by atoms with Gasteiger partial charge in [-0.15, -0.1) is 0 Å². The molecule has 0 spiro atoms. The van der Waals surface area contributed by atoms with Crippen molar-refractivity contribution in [3.8, 4) is 11.5 Å². The van der Waals surface area contributed by atoms with Crippen molar-refractivity contribution < 1.29 is 32.6 Å². The molecule has 13 heteroatoms. The molecule has 10 nitrogen and oxygen atoms in total. The van der Waals surface area contributed by atoms with Crippen molar-refractivity contribution in [2.24, 2.45) is 18.7 Å². The number of imidazole rings is 1. The number of hydrogen-bond donors (Lipinski definition) is 2. The molecule has 1 aliphatic carbocycles. The lowest BCUT2D eigenvalue weighted by Crippen LogP contribution is -2.53. The standard InChI is InChI=1S/C26H30N6O2.C2HF3O2/c1-30-21-8-7-18(26(33)31-11-9-23(34-2)19(27)15-31)12-20(21)29-25(30)22-13-17-4-3-10-28-24(17)32(22)14-16-5-6-16;3-2(4,5)1(6)7/h3-4,7-8,10,12-13,16,19,23H,5-6,9,11,14-15,27H2,1-2H3;(H,6,7)/t19-,23+;/m1./s1. The molecule has 2 aliphatic rings. The summed E-state index contributed by atoms with van der Waals surface area (Å²) in [5.74, 6) is -1.16. The summed E-state index contributed by atoms with van der Waals surface area (Å²) in [6.07, 6.45) is 0.0563. The molecule has 41 heavy (non-hydrogen) atoms. The first kappa shape index (κ1) is 28.6. The van der Waals surface area contributed by atoms with Crippen LogP contribution in [-0.2, 0) is 23.1 Å². The van der Waals surface area contributed by atoms with Crippen molar-refractivity contribution >= 4 is 33.9 Å². The number of carbonyl (C=O) groups excluding carboxylic acids is 1. The summed E-state index contributed by atoms with van der Waals surface area (Å²) in [4.78, 5) is 33.6. The third kappa shape index (κ3) is 5.91. The summed E-state index contributed by atoms with van der Waals surface area (Å²) in [7, 11) is 3.71. The Bertz CT molecular complexity index is 1590. The van der Waals surface area contributed by atoms with Gasteiger partial charge < -0.3 is 29.6 Å². The largest absolute Gasteiger partial charge is 0.490 e. The molecule has 1 saturated carbocycles. The Morgan fingerprint density at radius 2 is 1.90 bits per heavy atom. The highest BCUT2D eigenvalue weighted by Gasteiger charge is 2.38. The molecule has 218 valence electrons. The molecular weight excluding hydrogens is 541 g/mol. The predicted octanol–water partition coefficient (Wildman–Crippen LogP) is 3.82. The number of aliphatic carboxylic acids is 1. The molecule has 6 rings (SSSR count). The summed E-state index contributed by atoms with van der Waals surface area (Å²) >= 11 is 0. The lowest BCUT2D eigenvalue weighted by atomic mass is 10.0. The Morgan fingerprint density at radius 1 is 1.17 bits per heavy atom. The molecule has 1 amide bonds. The Hall–Kier alpha value is -3.97. The summed E-state index contributed by atoms with van der Waals surface area (Å²) in [6, 6.07) is 11.9. The number of aromatic nitrogens is 4. The van der Waals surface area contributed by atoms with Crippen LogP contribution in [0.2, 0.25) is 0 Å². The van der Waals surface area contributed by atoms with Gasteiger partial charge >= 0.3 is 12.1 Å². The molecule has 0 unspecified atom stereocenters. The van der Waals surface area contributed by atoms with Crippen molar-refractivity contribution in [2.75, 3.05) is 20.2 Å². The molecule has 2 fully saturated rings. The Labute approximate surface area is 233 Å².